The van der Waals surface area contributed by atoms with Crippen molar-refractivity contribution in [1.82, 2.24) is 0 Å². The number of aliphatic hydroxyl groups is 9. The van der Waals surface area contributed by atoms with E-state index in [-0.39, 0.29) is 6.42 Å². The monoisotopic (exact) mass is 840 g/mol. The molecule has 58 heavy (non-hydrogen) atoms. The number of ether oxygens (including phenoxy) is 8. The number of rotatable bonds is 26. The second kappa shape index (κ2) is 26.3. The van der Waals surface area contributed by atoms with Crippen LogP contribution in [0.15, 0.2) is 0 Å². The van der Waals surface area contributed by atoms with Crippen molar-refractivity contribution in [3.8, 4) is 0 Å². The highest BCUT2D eigenvalue weighted by Gasteiger charge is 2.53. The van der Waals surface area contributed by atoms with Crippen LogP contribution in [0.1, 0.15) is 122 Å². The minimum absolute atomic E-state index is 0.0889. The maximum absolute atomic E-state index is 12.9. The van der Waals surface area contributed by atoms with E-state index in [1.165, 1.54) is 77.0 Å². The Morgan fingerprint density at radius 2 is 0.862 bits per heavy atom. The zero-order chi connectivity index (χ0) is 42.0. The molecule has 16 atom stereocenters. The van der Waals surface area contributed by atoms with E-state index in [0.29, 0.717) is 6.42 Å². The SMILES string of the molecule is CCCCCCCCCCCCCCCCCCCC(=O)O[C@@H]1O[C@H](CO)[C@@H](O)[C@@H]1O[C@@H]1OC[C@@H](O)[C@@H](O)[C@@H]1O[C@@H]1OC[C@@H](O)[C@@H](O)[C@@H]1O[C@@H]1OC[C@@H](O)[C@@H](O)[C@@H]1O. The third kappa shape index (κ3) is 15.0. The lowest BCUT2D eigenvalue weighted by atomic mass is 10.0. The van der Waals surface area contributed by atoms with Crippen LogP contribution in [0.25, 0.3) is 0 Å². The first kappa shape index (κ1) is 49.5. The fourth-order valence-electron chi connectivity index (χ4n) is 7.70. The van der Waals surface area contributed by atoms with Gasteiger partial charge in [0.1, 0.15) is 67.1 Å². The molecule has 0 unspecified atom stereocenters. The minimum atomic E-state index is -1.77. The molecule has 0 amide bonds. The van der Waals surface area contributed by atoms with Gasteiger partial charge in [0.15, 0.2) is 25.0 Å². The molecule has 4 heterocycles. The van der Waals surface area contributed by atoms with Crippen LogP contribution in [0.3, 0.4) is 0 Å². The fourth-order valence-corrected chi connectivity index (χ4v) is 7.70. The quantitative estimate of drug-likeness (QED) is 0.0421. The Hall–Kier alpha value is -1.17. The summed E-state index contributed by atoms with van der Waals surface area (Å²) >= 11 is 0. The standard InChI is InChI=1S/C40H72O18/c1-2-3-4-5-6-7-8-9-10-11-12-13-14-15-16-17-18-19-28(45)55-40-36(32(49)27(20-41)54-40)58-39-35(31(48)26(44)23-53-39)57-38-34(30(47)25(43)22-52-38)56-37-33(50)29(46)24(42)21-51-37/h24-27,29-44,46-50H,2-23H2,1H3/t24-,25-,26-,27-,29-,30-,31-,32-,33+,34+,35+,36+,37+,38+,39+,40+/m1/s1. The molecule has 4 rings (SSSR count). The van der Waals surface area contributed by atoms with E-state index in [0.717, 1.165) is 25.7 Å². The van der Waals surface area contributed by atoms with Crippen molar-refractivity contribution < 1.29 is 88.6 Å². The molecule has 0 spiro atoms. The van der Waals surface area contributed by atoms with Gasteiger partial charge in [0.25, 0.3) is 0 Å². The predicted octanol–water partition coefficient (Wildman–Crippen LogP) is 0.400. The van der Waals surface area contributed by atoms with E-state index in [1.807, 2.05) is 0 Å². The summed E-state index contributed by atoms with van der Waals surface area (Å²) < 4.78 is 45.2. The molecule has 340 valence electrons. The number of carbonyl (C=O) groups is 1. The second-order valence-electron chi connectivity index (χ2n) is 16.2. The van der Waals surface area contributed by atoms with Crippen LogP contribution in [-0.2, 0) is 42.7 Å². The highest BCUT2D eigenvalue weighted by atomic mass is 16.8. The van der Waals surface area contributed by atoms with Crippen molar-refractivity contribution in [2.75, 3.05) is 26.4 Å². The average Bonchev–Trinajstić information content (AvgIpc) is 3.50. The lowest BCUT2D eigenvalue weighted by Crippen LogP contribution is -2.63. The van der Waals surface area contributed by atoms with Crippen LogP contribution in [0.2, 0.25) is 0 Å². The predicted molar refractivity (Wildman–Crippen MR) is 203 cm³/mol. The molecular formula is C40H72O18. The van der Waals surface area contributed by atoms with Crippen LogP contribution in [0.4, 0.5) is 0 Å². The number of unbranched alkanes of at least 4 members (excludes halogenated alkanes) is 16. The highest BCUT2D eigenvalue weighted by molar-refractivity contribution is 5.69. The molecule has 4 fully saturated rings. The third-order valence-electron chi connectivity index (χ3n) is 11.4. The number of aliphatic hydroxyl groups excluding tert-OH is 9. The van der Waals surface area contributed by atoms with Crippen molar-refractivity contribution in [2.24, 2.45) is 0 Å². The fraction of sp³-hybridized carbons (Fsp3) is 0.975. The lowest BCUT2D eigenvalue weighted by Gasteiger charge is -2.45. The molecule has 0 aromatic carbocycles. The average molecular weight is 841 g/mol. The summed E-state index contributed by atoms with van der Waals surface area (Å²) in [7, 11) is 0. The van der Waals surface area contributed by atoms with Gasteiger partial charge >= 0.3 is 5.97 Å². The molecule has 18 nitrogen and oxygen atoms in total. The van der Waals surface area contributed by atoms with Gasteiger partial charge in [0, 0.05) is 6.42 Å². The summed E-state index contributed by atoms with van der Waals surface area (Å²) in [6, 6.07) is 0. The Morgan fingerprint density at radius 1 is 0.483 bits per heavy atom. The van der Waals surface area contributed by atoms with E-state index in [9.17, 15) is 50.8 Å². The van der Waals surface area contributed by atoms with E-state index < -0.39 is 131 Å². The first-order valence-electron chi connectivity index (χ1n) is 21.7. The molecule has 4 aliphatic rings. The zero-order valence-electron chi connectivity index (χ0n) is 34.0. The molecule has 0 aromatic heterocycles. The number of hydrogen-bond donors (Lipinski definition) is 9. The smallest absolute Gasteiger partial charge is 0.308 e. The summed E-state index contributed by atoms with van der Waals surface area (Å²) in [4.78, 5) is 12.9. The minimum Gasteiger partial charge on any atom is -0.433 e. The van der Waals surface area contributed by atoms with Crippen molar-refractivity contribution in [3.05, 3.63) is 0 Å². The van der Waals surface area contributed by atoms with Crippen LogP contribution < -0.4 is 0 Å². The van der Waals surface area contributed by atoms with Crippen molar-refractivity contribution in [3.63, 3.8) is 0 Å². The van der Waals surface area contributed by atoms with Gasteiger partial charge in [-0.2, -0.15) is 0 Å². The summed E-state index contributed by atoms with van der Waals surface area (Å²) in [5.74, 6) is -0.605. The third-order valence-corrected chi connectivity index (χ3v) is 11.4. The van der Waals surface area contributed by atoms with E-state index in [4.69, 9.17) is 37.9 Å². The van der Waals surface area contributed by atoms with Crippen molar-refractivity contribution in [1.29, 1.82) is 0 Å². The Kier molecular flexibility index (Phi) is 22.5. The number of carbonyl (C=O) groups excluding carboxylic acids is 1. The summed E-state index contributed by atoms with van der Waals surface area (Å²) in [6.45, 7) is 0.261. The topological polar surface area (TPSA) is 273 Å². The molecule has 4 aliphatic heterocycles. The van der Waals surface area contributed by atoms with Crippen LogP contribution in [0.5, 0.6) is 0 Å². The van der Waals surface area contributed by atoms with Gasteiger partial charge in [-0.1, -0.05) is 110 Å². The van der Waals surface area contributed by atoms with Crippen molar-refractivity contribution in [2.45, 2.75) is 221 Å². The van der Waals surface area contributed by atoms with E-state index >= 15 is 0 Å². The first-order valence-corrected chi connectivity index (χ1v) is 21.7. The van der Waals surface area contributed by atoms with Gasteiger partial charge in [-0.25, -0.2) is 0 Å². The molecule has 0 aliphatic carbocycles. The first-order chi connectivity index (χ1) is 28.0. The number of hydrogen-bond acceptors (Lipinski definition) is 18. The van der Waals surface area contributed by atoms with Gasteiger partial charge in [-0.05, 0) is 6.42 Å². The molecule has 0 saturated carbocycles. The largest absolute Gasteiger partial charge is 0.433 e. The normalized spacial score (nSPS) is 38.2. The van der Waals surface area contributed by atoms with Crippen LogP contribution >= 0.6 is 0 Å². The molecule has 9 N–H and O–H groups in total. The molecule has 0 radical (unpaired) electrons. The summed E-state index contributed by atoms with van der Waals surface area (Å²) in [6.07, 6.45) is -4.42. The maximum Gasteiger partial charge on any atom is 0.308 e. The Balaban J connectivity index is 1.22. The maximum atomic E-state index is 12.9. The highest BCUT2D eigenvalue weighted by Crippen LogP contribution is 2.33. The van der Waals surface area contributed by atoms with E-state index in [1.54, 1.807) is 0 Å². The second-order valence-corrected chi connectivity index (χ2v) is 16.2. The molecular weight excluding hydrogens is 768 g/mol. The van der Waals surface area contributed by atoms with Crippen LogP contribution in [0, 0.1) is 0 Å². The summed E-state index contributed by atoms with van der Waals surface area (Å²) in [5.41, 5.74) is 0. The van der Waals surface area contributed by atoms with Gasteiger partial charge in [0.05, 0.1) is 26.4 Å². The summed E-state index contributed by atoms with van der Waals surface area (Å²) in [5, 5.41) is 93.7. The number of esters is 1. The Morgan fingerprint density at radius 3 is 1.31 bits per heavy atom. The van der Waals surface area contributed by atoms with Crippen LogP contribution in [-0.4, -0.2) is 177 Å². The van der Waals surface area contributed by atoms with Crippen molar-refractivity contribution >= 4 is 5.97 Å². The molecule has 18 heteroatoms. The van der Waals surface area contributed by atoms with Gasteiger partial charge < -0.3 is 83.9 Å². The molecule has 0 bridgehead atoms. The van der Waals surface area contributed by atoms with Gasteiger partial charge in [-0.15, -0.1) is 0 Å². The molecule has 0 aromatic rings. The molecule has 4 saturated heterocycles. The van der Waals surface area contributed by atoms with Gasteiger partial charge in [0.2, 0.25) is 6.29 Å². The zero-order valence-corrected chi connectivity index (χ0v) is 34.0. The Bertz CT molecular complexity index is 1120. The Labute approximate surface area is 341 Å². The van der Waals surface area contributed by atoms with E-state index in [2.05, 4.69) is 6.92 Å². The lowest BCUT2D eigenvalue weighted by molar-refractivity contribution is -0.376. The van der Waals surface area contributed by atoms with Gasteiger partial charge in [-0.3, -0.25) is 4.79 Å².